The van der Waals surface area contributed by atoms with Crippen molar-refractivity contribution in [3.63, 3.8) is 0 Å². The van der Waals surface area contributed by atoms with Crippen LogP contribution in [-0.4, -0.2) is 34.6 Å². The third kappa shape index (κ3) is 3.35. The van der Waals surface area contributed by atoms with Gasteiger partial charge in [0.2, 0.25) is 0 Å². The maximum Gasteiger partial charge on any atom is 0.317 e. The number of benzene rings is 1. The van der Waals surface area contributed by atoms with Crippen LogP contribution in [0.25, 0.3) is 0 Å². The van der Waals surface area contributed by atoms with Gasteiger partial charge in [0.25, 0.3) is 0 Å². The van der Waals surface area contributed by atoms with Gasteiger partial charge in [0, 0.05) is 12.1 Å². The monoisotopic (exact) mass is 261 g/mol. The van der Waals surface area contributed by atoms with Crippen LogP contribution in [-0.2, 0) is 17.6 Å². The molecule has 19 heavy (non-hydrogen) atoms. The van der Waals surface area contributed by atoms with E-state index in [1.165, 1.54) is 11.1 Å². The second-order valence-electron chi connectivity index (χ2n) is 5.49. The highest BCUT2D eigenvalue weighted by molar-refractivity contribution is 5.69. The van der Waals surface area contributed by atoms with E-state index in [1.54, 1.807) is 0 Å². The molecule has 1 aliphatic carbocycles. The molecule has 0 saturated carbocycles. The minimum Gasteiger partial charge on any atom is -0.480 e. The number of aliphatic carboxylic acids is 1. The Kier molecular flexibility index (Phi) is 4.59. The van der Waals surface area contributed by atoms with Gasteiger partial charge in [-0.25, -0.2) is 0 Å². The third-order valence-electron chi connectivity index (χ3n) is 4.26. The zero-order valence-electron chi connectivity index (χ0n) is 11.8. The van der Waals surface area contributed by atoms with Crippen LogP contribution in [0.5, 0.6) is 0 Å². The van der Waals surface area contributed by atoms with E-state index in [0.29, 0.717) is 12.1 Å². The fourth-order valence-corrected chi connectivity index (χ4v) is 3.00. The van der Waals surface area contributed by atoms with Gasteiger partial charge in [-0.05, 0) is 43.7 Å². The smallest absolute Gasteiger partial charge is 0.317 e. The Balaban J connectivity index is 2.13. The van der Waals surface area contributed by atoms with E-state index in [9.17, 15) is 4.79 Å². The molecule has 1 aromatic rings. The zero-order valence-corrected chi connectivity index (χ0v) is 11.8. The lowest BCUT2D eigenvalue weighted by Gasteiger charge is -2.37. The summed E-state index contributed by atoms with van der Waals surface area (Å²) < 4.78 is 0. The fourth-order valence-electron chi connectivity index (χ4n) is 3.00. The summed E-state index contributed by atoms with van der Waals surface area (Å²) in [6.07, 6.45) is 4.10. The lowest BCUT2D eigenvalue weighted by Crippen LogP contribution is -2.47. The molecule has 1 N–H and O–H groups in total. The Morgan fingerprint density at radius 1 is 1.42 bits per heavy atom. The molecule has 1 aromatic carbocycles. The van der Waals surface area contributed by atoms with Crippen molar-refractivity contribution >= 4 is 5.97 Å². The lowest BCUT2D eigenvalue weighted by molar-refractivity contribution is -0.139. The summed E-state index contributed by atoms with van der Waals surface area (Å²) in [5, 5.41) is 9.11. The van der Waals surface area contributed by atoms with Crippen LogP contribution < -0.4 is 0 Å². The van der Waals surface area contributed by atoms with Crippen molar-refractivity contribution in [1.29, 1.82) is 0 Å². The summed E-state index contributed by atoms with van der Waals surface area (Å²) in [6.45, 7) is 4.40. The van der Waals surface area contributed by atoms with E-state index in [-0.39, 0.29) is 6.54 Å². The summed E-state index contributed by atoms with van der Waals surface area (Å²) in [6, 6.07) is 9.22. The van der Waals surface area contributed by atoms with Crippen molar-refractivity contribution in [2.24, 2.45) is 0 Å². The summed E-state index contributed by atoms with van der Waals surface area (Å²) in [5.74, 6) is -0.723. The topological polar surface area (TPSA) is 40.5 Å². The van der Waals surface area contributed by atoms with Gasteiger partial charge in [-0.1, -0.05) is 31.2 Å². The first-order valence-electron chi connectivity index (χ1n) is 7.16. The molecule has 0 bridgehead atoms. The molecule has 2 unspecified atom stereocenters. The largest absolute Gasteiger partial charge is 0.480 e. The van der Waals surface area contributed by atoms with Crippen molar-refractivity contribution in [3.05, 3.63) is 35.4 Å². The molecule has 104 valence electrons. The van der Waals surface area contributed by atoms with Crippen LogP contribution in [0.15, 0.2) is 24.3 Å². The van der Waals surface area contributed by atoms with E-state index in [2.05, 4.69) is 43.0 Å². The van der Waals surface area contributed by atoms with E-state index in [4.69, 9.17) is 5.11 Å². The van der Waals surface area contributed by atoms with Crippen LogP contribution in [0.2, 0.25) is 0 Å². The van der Waals surface area contributed by atoms with Crippen molar-refractivity contribution < 1.29 is 9.90 Å². The molecule has 3 nitrogen and oxygen atoms in total. The van der Waals surface area contributed by atoms with Gasteiger partial charge >= 0.3 is 5.97 Å². The Labute approximate surface area is 115 Å². The Morgan fingerprint density at radius 2 is 2.11 bits per heavy atom. The first-order valence-corrected chi connectivity index (χ1v) is 7.16. The molecule has 2 rings (SSSR count). The van der Waals surface area contributed by atoms with Gasteiger partial charge in [0.1, 0.15) is 0 Å². The van der Waals surface area contributed by atoms with Gasteiger partial charge in [0.15, 0.2) is 0 Å². The van der Waals surface area contributed by atoms with E-state index < -0.39 is 5.97 Å². The number of rotatable bonds is 5. The molecule has 1 aliphatic rings. The highest BCUT2D eigenvalue weighted by Crippen LogP contribution is 2.26. The maximum atomic E-state index is 11.1. The average molecular weight is 261 g/mol. The number of hydrogen-bond acceptors (Lipinski definition) is 2. The SMILES string of the molecule is CCC(C)N(CC(=O)O)C1CCc2ccccc2C1. The molecule has 0 aromatic heterocycles. The maximum absolute atomic E-state index is 11.1. The number of nitrogens with zero attached hydrogens (tertiary/aromatic N) is 1. The lowest BCUT2D eigenvalue weighted by atomic mass is 9.87. The minimum absolute atomic E-state index is 0.155. The first kappa shape index (κ1) is 14.1. The highest BCUT2D eigenvalue weighted by Gasteiger charge is 2.28. The average Bonchev–Trinajstić information content (AvgIpc) is 2.43. The standard InChI is InChI=1S/C16H23NO2/c1-3-12(2)17(11-16(18)19)15-9-8-13-6-4-5-7-14(13)10-15/h4-7,12,15H,3,8-11H2,1-2H3,(H,18,19). The summed E-state index contributed by atoms with van der Waals surface area (Å²) in [4.78, 5) is 13.2. The predicted molar refractivity (Wildman–Crippen MR) is 76.3 cm³/mol. The molecule has 0 fully saturated rings. The molecule has 2 atom stereocenters. The molecule has 0 amide bonds. The molecule has 3 heteroatoms. The van der Waals surface area contributed by atoms with Crippen molar-refractivity contribution in [1.82, 2.24) is 4.90 Å². The number of carboxylic acid groups (broad SMARTS) is 1. The van der Waals surface area contributed by atoms with Crippen molar-refractivity contribution in [2.75, 3.05) is 6.54 Å². The van der Waals surface area contributed by atoms with E-state index in [1.807, 2.05) is 0 Å². The van der Waals surface area contributed by atoms with E-state index in [0.717, 1.165) is 25.7 Å². The van der Waals surface area contributed by atoms with Gasteiger partial charge < -0.3 is 5.11 Å². The molecular formula is C16H23NO2. The minimum atomic E-state index is -0.723. The second-order valence-corrected chi connectivity index (χ2v) is 5.49. The normalized spacial score (nSPS) is 20.1. The molecule has 0 radical (unpaired) electrons. The van der Waals surface area contributed by atoms with Gasteiger partial charge in [-0.3, -0.25) is 9.69 Å². The molecule has 0 saturated heterocycles. The van der Waals surface area contributed by atoms with Crippen LogP contribution in [0.1, 0.15) is 37.8 Å². The molecule has 0 aliphatic heterocycles. The molecular weight excluding hydrogens is 238 g/mol. The van der Waals surface area contributed by atoms with Crippen LogP contribution in [0, 0.1) is 0 Å². The van der Waals surface area contributed by atoms with Crippen LogP contribution in [0.3, 0.4) is 0 Å². The predicted octanol–water partition coefficient (Wildman–Crippen LogP) is 2.73. The van der Waals surface area contributed by atoms with Gasteiger partial charge in [-0.15, -0.1) is 0 Å². The molecule has 0 heterocycles. The summed E-state index contributed by atoms with van der Waals surface area (Å²) in [7, 11) is 0. The van der Waals surface area contributed by atoms with Gasteiger partial charge in [-0.2, -0.15) is 0 Å². The Bertz CT molecular complexity index is 444. The summed E-state index contributed by atoms with van der Waals surface area (Å²) in [5.41, 5.74) is 2.82. The number of carbonyl (C=O) groups is 1. The summed E-state index contributed by atoms with van der Waals surface area (Å²) >= 11 is 0. The first-order chi connectivity index (χ1) is 9.11. The number of carboxylic acids is 1. The highest BCUT2D eigenvalue weighted by atomic mass is 16.4. The van der Waals surface area contributed by atoms with Crippen LogP contribution in [0.4, 0.5) is 0 Å². The molecule has 0 spiro atoms. The zero-order chi connectivity index (χ0) is 13.8. The number of hydrogen-bond donors (Lipinski definition) is 1. The van der Waals surface area contributed by atoms with Crippen molar-refractivity contribution in [3.8, 4) is 0 Å². The fraction of sp³-hybridized carbons (Fsp3) is 0.562. The number of fused-ring (bicyclic) bond motifs is 1. The van der Waals surface area contributed by atoms with Gasteiger partial charge in [0.05, 0.1) is 6.54 Å². The van der Waals surface area contributed by atoms with Crippen molar-refractivity contribution in [2.45, 2.75) is 51.6 Å². The Morgan fingerprint density at radius 3 is 2.74 bits per heavy atom. The second kappa shape index (κ2) is 6.20. The third-order valence-corrected chi connectivity index (χ3v) is 4.26. The van der Waals surface area contributed by atoms with E-state index >= 15 is 0 Å². The van der Waals surface area contributed by atoms with Crippen LogP contribution >= 0.6 is 0 Å². The Hall–Kier alpha value is -1.35. The number of aryl methyl sites for hydroxylation is 1. The quantitative estimate of drug-likeness (QED) is 0.886.